The molecule has 6 unspecified atom stereocenters. The first-order chi connectivity index (χ1) is 42.3. The molecule has 6 aromatic carbocycles. The highest BCUT2D eigenvalue weighted by Gasteiger charge is 2.40. The highest BCUT2D eigenvalue weighted by Crippen LogP contribution is 2.60. The van der Waals surface area contributed by atoms with Gasteiger partial charge < -0.3 is 41.4 Å². The Morgan fingerprint density at radius 2 is 0.865 bits per heavy atom. The molecule has 468 valence electrons. The van der Waals surface area contributed by atoms with E-state index in [4.69, 9.17) is 55.3 Å². The van der Waals surface area contributed by atoms with Gasteiger partial charge in [0.05, 0.1) is 23.7 Å². The zero-order valence-electron chi connectivity index (χ0n) is 48.5. The summed E-state index contributed by atoms with van der Waals surface area (Å²) in [5.41, 5.74) is 13.2. The normalized spacial score (nSPS) is 14.4. The number of hydrogen-bond donors (Lipinski definition) is 8. The Kier molecular flexibility index (Phi) is 26.3. The third-order valence-corrected chi connectivity index (χ3v) is 22.7. The molecule has 0 aliphatic heterocycles. The maximum Gasteiger partial charge on any atom is 0.276 e. The second-order valence-corrected chi connectivity index (χ2v) is 31.0. The molecule has 0 aliphatic rings. The molecule has 12 N–H and O–H groups in total. The number of anilines is 2. The van der Waals surface area contributed by atoms with Crippen LogP contribution in [-0.2, 0) is 37.1 Å². The summed E-state index contributed by atoms with van der Waals surface area (Å²) in [6.07, 6.45) is 9.02. The van der Waals surface area contributed by atoms with Gasteiger partial charge in [-0.1, -0.05) is 83.3 Å². The highest BCUT2D eigenvalue weighted by atomic mass is 35.5. The topological polar surface area (TPSA) is 324 Å². The zero-order chi connectivity index (χ0) is 65.2. The number of benzene rings is 6. The lowest BCUT2D eigenvalue weighted by molar-refractivity contribution is -0.385. The van der Waals surface area contributed by atoms with E-state index in [0.717, 1.165) is 36.0 Å². The first-order valence-electron chi connectivity index (χ1n) is 26.7. The van der Waals surface area contributed by atoms with E-state index in [1.165, 1.54) is 84.7 Å². The lowest BCUT2D eigenvalue weighted by Gasteiger charge is -2.22. The minimum atomic E-state index is -3.77. The number of nitrogens with zero attached hydrogens (tertiary/aromatic N) is 1. The van der Waals surface area contributed by atoms with Crippen molar-refractivity contribution in [1.82, 2.24) is 16.0 Å². The van der Waals surface area contributed by atoms with Gasteiger partial charge in [-0.25, -0.2) is 0 Å². The summed E-state index contributed by atoms with van der Waals surface area (Å²) in [5, 5.41) is 28.3. The molecule has 19 nitrogen and oxygen atoms in total. The number of nitro groups is 1. The second-order valence-electron chi connectivity index (χ2n) is 19.4. The van der Waals surface area contributed by atoms with Crippen LogP contribution in [0.15, 0.2) is 162 Å². The van der Waals surface area contributed by atoms with Crippen LogP contribution in [0.2, 0.25) is 15.1 Å². The molecule has 0 radical (unpaired) electrons. The number of halogens is 3. The predicted octanol–water partition coefficient (Wildman–Crippen LogP) is 15.8. The van der Waals surface area contributed by atoms with Crippen molar-refractivity contribution in [1.29, 1.82) is 0 Å². The van der Waals surface area contributed by atoms with Crippen LogP contribution in [0.3, 0.4) is 0 Å². The van der Waals surface area contributed by atoms with E-state index in [-0.39, 0.29) is 18.9 Å². The number of nitrogens with one attached hydrogen (secondary N) is 3. The van der Waals surface area contributed by atoms with Gasteiger partial charge in [-0.3, -0.25) is 49.9 Å². The number of amides is 3. The van der Waals surface area contributed by atoms with Crippen molar-refractivity contribution < 1.29 is 46.9 Å². The number of nitrogens with two attached hydrogens (primary N) is 4. The number of carbonyl (C=O) groups is 3. The molecule has 0 spiro atoms. The van der Waals surface area contributed by atoms with Crippen molar-refractivity contribution in [3.63, 3.8) is 0 Å². The van der Waals surface area contributed by atoms with E-state index in [0.29, 0.717) is 54.1 Å². The Labute approximate surface area is 541 Å². The molecule has 0 fully saturated rings. The van der Waals surface area contributed by atoms with Crippen molar-refractivity contribution in [2.75, 3.05) is 44.7 Å². The summed E-state index contributed by atoms with van der Waals surface area (Å²) in [7, 11) is -10.5. The van der Waals surface area contributed by atoms with Gasteiger partial charge in [-0.05, 0) is 165 Å². The number of nitro benzene ring substituents is 1. The smallest absolute Gasteiger partial charge is 0.276 e. The number of hydrazine groups is 1. The standard InChI is InChI=1S/C21H20ClN2O5PS.C21H22ClN2O3PS.C19H18ClN2O3PS.H4N2/c1-3-29-30(2,28)20(17-13-31-19-9-8-15(22)12-16(17)19)21(25)23-11-10-14-6-4-5-7-18(14)24(26)27;1-3-27-28(2,26)20(17-13-29-19-9-8-15(22)12-16(17)19)21(25)24-11-10-14-6-4-5-7-18(14)23;1-26(24,25)18(15-11-27-17-7-6-13(20)10-14(15)17)19(23)22-9-8-12-4-2-3-5-16(12)21;1-2/h4-13,20H,3H2,1-2H3,(H,23,25);4-13,20H,3,23H2,1-2H3,(H,24,25);2-11,18H,21H2,1H3,(H,22,23)(H,24,25);1-2H2/b2*11-10+;9-8+;. The molecule has 3 aromatic heterocycles. The maximum atomic E-state index is 13.3. The summed E-state index contributed by atoms with van der Waals surface area (Å²) in [4.78, 5) is 59.8. The molecule has 0 saturated heterocycles. The van der Waals surface area contributed by atoms with Crippen LogP contribution in [0.4, 0.5) is 17.1 Å². The first kappa shape index (κ1) is 71.3. The Morgan fingerprint density at radius 1 is 0.551 bits per heavy atom. The number of para-hydroxylation sites is 3. The fourth-order valence-electron chi connectivity index (χ4n) is 9.19. The first-order valence-corrected chi connectivity index (χ1v) is 37.0. The predicted molar refractivity (Wildman–Crippen MR) is 370 cm³/mol. The van der Waals surface area contributed by atoms with Crippen LogP contribution in [0, 0.1) is 10.1 Å². The molecule has 3 amide bonds. The van der Waals surface area contributed by atoms with Crippen molar-refractivity contribution >= 4 is 174 Å². The average molecular weight is 1380 g/mol. The van der Waals surface area contributed by atoms with Crippen LogP contribution in [-0.4, -0.2) is 60.7 Å². The summed E-state index contributed by atoms with van der Waals surface area (Å²) in [6, 6.07) is 36.8. The van der Waals surface area contributed by atoms with Crippen LogP contribution >= 0.6 is 90.9 Å². The van der Waals surface area contributed by atoms with Gasteiger partial charge in [-0.15, -0.1) is 34.0 Å². The third-order valence-electron chi connectivity index (χ3n) is 13.1. The summed E-state index contributed by atoms with van der Waals surface area (Å²) in [6.45, 7) is 8.01. The molecule has 6 atom stereocenters. The number of hydrogen-bond acceptors (Lipinski definition) is 17. The van der Waals surface area contributed by atoms with Crippen LogP contribution < -0.4 is 39.1 Å². The Hall–Kier alpha value is -6.81. The monoisotopic (exact) mass is 1380 g/mol. The van der Waals surface area contributed by atoms with Gasteiger partial charge >= 0.3 is 0 Å². The quantitative estimate of drug-likeness (QED) is 0.0116. The molecular formula is C61H64Cl3N8O11P3S3. The van der Waals surface area contributed by atoms with Crippen molar-refractivity contribution in [3.8, 4) is 0 Å². The fourth-order valence-corrected chi connectivity index (χ4v) is 17.9. The lowest BCUT2D eigenvalue weighted by atomic mass is 10.1. The largest absolute Gasteiger partial charge is 0.398 e. The van der Waals surface area contributed by atoms with Crippen molar-refractivity contribution in [2.45, 2.75) is 30.8 Å². The van der Waals surface area contributed by atoms with E-state index in [1.807, 2.05) is 53.9 Å². The van der Waals surface area contributed by atoms with Crippen LogP contribution in [0.25, 0.3) is 48.5 Å². The molecule has 9 rings (SSSR count). The van der Waals surface area contributed by atoms with E-state index >= 15 is 0 Å². The minimum Gasteiger partial charge on any atom is -0.398 e. The van der Waals surface area contributed by atoms with E-state index in [2.05, 4.69) is 27.6 Å². The number of nitrogen functional groups attached to an aromatic ring is 2. The zero-order valence-corrected chi connectivity index (χ0v) is 55.9. The van der Waals surface area contributed by atoms with Crippen LogP contribution in [0.5, 0.6) is 0 Å². The average Bonchev–Trinajstić information content (AvgIpc) is 2.10. The van der Waals surface area contributed by atoms with Gasteiger partial charge in [-0.2, -0.15) is 0 Å². The van der Waals surface area contributed by atoms with Gasteiger partial charge in [0, 0.05) is 85.2 Å². The van der Waals surface area contributed by atoms with E-state index in [9.17, 15) is 43.1 Å². The SMILES string of the molecule is CCOP(C)(=O)C(C(=O)N/C=C/c1ccccc1N)c1csc2ccc(Cl)cc12.CCOP(C)(=O)C(C(=O)N/C=C/c1ccccc1[N+](=O)[O-])c1csc2ccc(Cl)cc12.CP(=O)(O)C(C(=O)N/C=C/c1ccccc1N)c1csc2ccc(Cl)cc12.NN. The fraction of sp³-hybridized carbons (Fsp3) is 0.164. The van der Waals surface area contributed by atoms with Crippen molar-refractivity contribution in [2.24, 2.45) is 11.7 Å². The molecule has 9 aromatic rings. The molecule has 28 heteroatoms. The number of fused-ring (bicyclic) bond motifs is 3. The number of thiophene rings is 3. The molecular weight excluding hydrogens is 1320 g/mol. The van der Waals surface area contributed by atoms with E-state index in [1.54, 1.807) is 110 Å². The number of carbonyl (C=O) groups excluding carboxylic acids is 3. The molecule has 3 heterocycles. The molecule has 0 aliphatic carbocycles. The maximum absolute atomic E-state index is 13.3. The number of rotatable bonds is 20. The Bertz CT molecular complexity index is 4250. The van der Waals surface area contributed by atoms with Gasteiger partial charge in [0.1, 0.15) is 17.0 Å². The molecule has 89 heavy (non-hydrogen) atoms. The van der Waals surface area contributed by atoms with Gasteiger partial charge in [0.15, 0.2) is 0 Å². The highest BCUT2D eigenvalue weighted by molar-refractivity contribution is 7.60. The third kappa shape index (κ3) is 18.9. The van der Waals surface area contributed by atoms with E-state index < -0.39 is 61.7 Å². The Balaban J connectivity index is 0.000000210. The second kappa shape index (κ2) is 32.8. The summed E-state index contributed by atoms with van der Waals surface area (Å²) in [5.74, 6) is 6.50. The van der Waals surface area contributed by atoms with Crippen LogP contribution in [0.1, 0.15) is 64.2 Å². The minimum absolute atomic E-state index is 0.0847. The van der Waals surface area contributed by atoms with Crippen molar-refractivity contribution in [3.05, 3.63) is 221 Å². The summed E-state index contributed by atoms with van der Waals surface area (Å²) < 4.78 is 52.9. The molecule has 0 bridgehead atoms. The van der Waals surface area contributed by atoms with Gasteiger partial charge in [0.2, 0.25) is 39.8 Å². The van der Waals surface area contributed by atoms with Gasteiger partial charge in [0.25, 0.3) is 5.69 Å². The Morgan fingerprint density at radius 3 is 1.20 bits per heavy atom. The molecule has 0 saturated carbocycles. The summed E-state index contributed by atoms with van der Waals surface area (Å²) >= 11 is 22.7. The lowest BCUT2D eigenvalue weighted by Crippen LogP contribution is -2.25.